The lowest BCUT2D eigenvalue weighted by Crippen LogP contribution is -2.34. The van der Waals surface area contributed by atoms with Crippen LogP contribution >= 0.6 is 0 Å². The van der Waals surface area contributed by atoms with Gasteiger partial charge in [-0.25, -0.2) is 0 Å². The van der Waals surface area contributed by atoms with Crippen molar-refractivity contribution in [3.05, 3.63) is 0 Å². The lowest BCUT2D eigenvalue weighted by molar-refractivity contribution is -0.130. The Hall–Kier alpha value is -0.570. The maximum Gasteiger partial charge on any atom is 0.249 e. The van der Waals surface area contributed by atoms with Crippen LogP contribution in [0.3, 0.4) is 0 Å². The van der Waals surface area contributed by atoms with E-state index in [1.165, 1.54) is 38.5 Å². The van der Waals surface area contributed by atoms with Crippen LogP contribution in [-0.4, -0.2) is 25.2 Å². The summed E-state index contributed by atoms with van der Waals surface area (Å²) in [7, 11) is 0. The first-order valence-electron chi connectivity index (χ1n) is 7.25. The van der Waals surface area contributed by atoms with Gasteiger partial charge in [0.05, 0.1) is 0 Å². The summed E-state index contributed by atoms with van der Waals surface area (Å²) in [5, 5.41) is 3.00. The van der Waals surface area contributed by atoms with Gasteiger partial charge in [0.25, 0.3) is 0 Å². The molecule has 0 radical (unpaired) electrons. The number of ether oxygens (including phenoxy) is 1. The molecule has 1 N–H and O–H groups in total. The van der Waals surface area contributed by atoms with Crippen LogP contribution in [0.1, 0.15) is 57.8 Å². The molecule has 98 valence electrons. The van der Waals surface area contributed by atoms with Crippen molar-refractivity contribution in [2.75, 3.05) is 13.2 Å². The van der Waals surface area contributed by atoms with E-state index in [0.29, 0.717) is 0 Å². The molecule has 0 bridgehead atoms. The van der Waals surface area contributed by atoms with E-state index < -0.39 is 0 Å². The van der Waals surface area contributed by atoms with Crippen molar-refractivity contribution in [3.8, 4) is 0 Å². The first-order chi connectivity index (χ1) is 8.36. The summed E-state index contributed by atoms with van der Waals surface area (Å²) in [4.78, 5) is 11.7. The topological polar surface area (TPSA) is 38.3 Å². The van der Waals surface area contributed by atoms with Crippen molar-refractivity contribution >= 4 is 5.91 Å². The third-order valence-electron chi connectivity index (χ3n) is 4.04. The van der Waals surface area contributed by atoms with E-state index >= 15 is 0 Å². The molecule has 2 fully saturated rings. The molecule has 0 aromatic heterocycles. The molecule has 0 aromatic carbocycles. The van der Waals surface area contributed by atoms with E-state index in [-0.39, 0.29) is 12.0 Å². The van der Waals surface area contributed by atoms with E-state index in [1.54, 1.807) is 0 Å². The van der Waals surface area contributed by atoms with E-state index in [1.807, 2.05) is 0 Å². The van der Waals surface area contributed by atoms with Gasteiger partial charge in [-0.2, -0.15) is 0 Å². The predicted octanol–water partition coefficient (Wildman–Crippen LogP) is 2.64. The second-order valence-electron chi connectivity index (χ2n) is 5.44. The normalized spacial score (nSPS) is 26.0. The SMILES string of the molecule is O=C(NCCCC1CCCCC1)C1CCCO1. The van der Waals surface area contributed by atoms with Gasteiger partial charge in [-0.05, 0) is 31.6 Å². The fraction of sp³-hybridized carbons (Fsp3) is 0.929. The Bertz CT molecular complexity index is 230. The van der Waals surface area contributed by atoms with Crippen LogP contribution in [0.25, 0.3) is 0 Å². The van der Waals surface area contributed by atoms with E-state index in [4.69, 9.17) is 4.74 Å². The van der Waals surface area contributed by atoms with Gasteiger partial charge in [0.2, 0.25) is 5.91 Å². The molecule has 1 amide bonds. The number of nitrogens with one attached hydrogen (secondary N) is 1. The molecule has 0 aromatic rings. The molecule has 1 aliphatic carbocycles. The number of hydrogen-bond acceptors (Lipinski definition) is 2. The summed E-state index contributed by atoms with van der Waals surface area (Å²) in [6.07, 6.45) is 11.2. The predicted molar refractivity (Wildman–Crippen MR) is 67.8 cm³/mol. The molecule has 3 heteroatoms. The highest BCUT2D eigenvalue weighted by molar-refractivity contribution is 5.80. The fourth-order valence-corrected chi connectivity index (χ4v) is 2.98. The molecule has 1 aliphatic heterocycles. The summed E-state index contributed by atoms with van der Waals surface area (Å²) >= 11 is 0. The summed E-state index contributed by atoms with van der Waals surface area (Å²) in [5.41, 5.74) is 0. The molecule has 1 heterocycles. The van der Waals surface area contributed by atoms with Gasteiger partial charge in [0.1, 0.15) is 6.10 Å². The van der Waals surface area contributed by atoms with Crippen LogP contribution in [0, 0.1) is 5.92 Å². The van der Waals surface area contributed by atoms with Crippen LogP contribution in [-0.2, 0) is 9.53 Å². The number of hydrogen-bond donors (Lipinski definition) is 1. The van der Waals surface area contributed by atoms with Gasteiger partial charge < -0.3 is 10.1 Å². The van der Waals surface area contributed by atoms with Gasteiger partial charge in [0, 0.05) is 13.2 Å². The number of amides is 1. The molecular formula is C14H25NO2. The summed E-state index contributed by atoms with van der Waals surface area (Å²) < 4.78 is 5.35. The van der Waals surface area contributed by atoms with Gasteiger partial charge in [-0.1, -0.05) is 32.1 Å². The van der Waals surface area contributed by atoms with Gasteiger partial charge in [0.15, 0.2) is 0 Å². The molecule has 3 nitrogen and oxygen atoms in total. The Kier molecular flexibility index (Phi) is 5.30. The smallest absolute Gasteiger partial charge is 0.249 e. The van der Waals surface area contributed by atoms with Crippen LogP contribution < -0.4 is 5.32 Å². The van der Waals surface area contributed by atoms with Crippen molar-refractivity contribution in [3.63, 3.8) is 0 Å². The molecule has 1 saturated carbocycles. The van der Waals surface area contributed by atoms with Crippen molar-refractivity contribution in [2.24, 2.45) is 5.92 Å². The Morgan fingerprint density at radius 1 is 1.12 bits per heavy atom. The highest BCUT2D eigenvalue weighted by atomic mass is 16.5. The van der Waals surface area contributed by atoms with Gasteiger partial charge >= 0.3 is 0 Å². The fourth-order valence-electron chi connectivity index (χ4n) is 2.98. The van der Waals surface area contributed by atoms with Gasteiger partial charge in [-0.3, -0.25) is 4.79 Å². The summed E-state index contributed by atoms with van der Waals surface area (Å²) in [5.74, 6) is 1.02. The molecular weight excluding hydrogens is 214 g/mol. The summed E-state index contributed by atoms with van der Waals surface area (Å²) in [6, 6.07) is 0. The van der Waals surface area contributed by atoms with Crippen LogP contribution in [0.2, 0.25) is 0 Å². The molecule has 1 atom stereocenters. The van der Waals surface area contributed by atoms with Crippen LogP contribution in [0.4, 0.5) is 0 Å². The minimum Gasteiger partial charge on any atom is -0.368 e. The zero-order valence-corrected chi connectivity index (χ0v) is 10.7. The first-order valence-corrected chi connectivity index (χ1v) is 7.25. The molecule has 1 saturated heterocycles. The summed E-state index contributed by atoms with van der Waals surface area (Å²) in [6.45, 7) is 1.58. The highest BCUT2D eigenvalue weighted by Crippen LogP contribution is 2.26. The monoisotopic (exact) mass is 239 g/mol. The average Bonchev–Trinajstić information content (AvgIpc) is 2.89. The van der Waals surface area contributed by atoms with Crippen LogP contribution in [0.15, 0.2) is 0 Å². The van der Waals surface area contributed by atoms with Crippen molar-refractivity contribution in [1.29, 1.82) is 0 Å². The number of carbonyl (C=O) groups is 1. The molecule has 0 spiro atoms. The third kappa shape index (κ3) is 4.30. The second-order valence-corrected chi connectivity index (χ2v) is 5.44. The number of rotatable bonds is 5. The largest absolute Gasteiger partial charge is 0.368 e. The lowest BCUT2D eigenvalue weighted by Gasteiger charge is -2.21. The Labute approximate surface area is 104 Å². The maximum atomic E-state index is 11.7. The third-order valence-corrected chi connectivity index (χ3v) is 4.04. The van der Waals surface area contributed by atoms with Crippen molar-refractivity contribution in [1.82, 2.24) is 5.32 Å². The highest BCUT2D eigenvalue weighted by Gasteiger charge is 2.22. The van der Waals surface area contributed by atoms with Crippen molar-refractivity contribution < 1.29 is 9.53 Å². The zero-order valence-electron chi connectivity index (χ0n) is 10.7. The van der Waals surface area contributed by atoms with E-state index in [0.717, 1.165) is 38.3 Å². The first kappa shape index (κ1) is 12.9. The standard InChI is InChI=1S/C14H25NO2/c16-14(13-9-5-11-17-13)15-10-4-8-12-6-2-1-3-7-12/h12-13H,1-11H2,(H,15,16). The zero-order chi connectivity index (χ0) is 11.9. The average molecular weight is 239 g/mol. The quantitative estimate of drug-likeness (QED) is 0.749. The number of carbonyl (C=O) groups excluding carboxylic acids is 1. The van der Waals surface area contributed by atoms with E-state index in [2.05, 4.69) is 5.32 Å². The molecule has 17 heavy (non-hydrogen) atoms. The van der Waals surface area contributed by atoms with Gasteiger partial charge in [-0.15, -0.1) is 0 Å². The van der Waals surface area contributed by atoms with E-state index in [9.17, 15) is 4.79 Å². The Morgan fingerprint density at radius 2 is 1.94 bits per heavy atom. The van der Waals surface area contributed by atoms with Crippen LogP contribution in [0.5, 0.6) is 0 Å². The lowest BCUT2D eigenvalue weighted by atomic mass is 9.86. The second kappa shape index (κ2) is 7.00. The minimum absolute atomic E-state index is 0.103. The minimum atomic E-state index is -0.162. The Balaban J connectivity index is 1.51. The molecule has 2 rings (SSSR count). The molecule has 2 aliphatic rings. The Morgan fingerprint density at radius 3 is 2.65 bits per heavy atom. The molecule has 1 unspecified atom stereocenters. The van der Waals surface area contributed by atoms with Crippen molar-refractivity contribution in [2.45, 2.75) is 63.9 Å². The maximum absolute atomic E-state index is 11.7.